The molecule has 2 rings (SSSR count). The van der Waals surface area contributed by atoms with Crippen molar-refractivity contribution in [2.75, 3.05) is 38.7 Å². The number of esters is 1. The number of hydrogen-bond donors (Lipinski definition) is 1. The molecule has 0 saturated carbocycles. The minimum atomic E-state index is -0.727. The quantitative estimate of drug-likeness (QED) is 0.464. The van der Waals surface area contributed by atoms with E-state index in [-0.39, 0.29) is 12.1 Å². The van der Waals surface area contributed by atoms with E-state index in [1.165, 1.54) is 19.2 Å². The van der Waals surface area contributed by atoms with E-state index in [4.69, 9.17) is 4.74 Å². The summed E-state index contributed by atoms with van der Waals surface area (Å²) in [6.07, 6.45) is -0.101. The minimum Gasteiger partial charge on any atom is -0.469 e. The number of aryl methyl sites for hydroxylation is 1. The Morgan fingerprint density at radius 2 is 2.08 bits per heavy atom. The van der Waals surface area contributed by atoms with E-state index in [2.05, 4.69) is 10.1 Å². The van der Waals surface area contributed by atoms with Gasteiger partial charge in [-0.15, -0.1) is 0 Å². The number of methoxy groups -OCH3 is 1. The summed E-state index contributed by atoms with van der Waals surface area (Å²) in [5.41, 5.74) is 0.928. The van der Waals surface area contributed by atoms with E-state index in [1.807, 2.05) is 4.90 Å². The molecular formula is C16H21N3O6. The molecule has 0 radical (unpaired) electrons. The highest BCUT2D eigenvalue weighted by atomic mass is 16.6. The van der Waals surface area contributed by atoms with Gasteiger partial charge in [0.1, 0.15) is 6.04 Å². The third-order valence-corrected chi connectivity index (χ3v) is 4.07. The number of carbonyl (C=O) groups is 2. The lowest BCUT2D eigenvalue weighted by atomic mass is 10.1. The van der Waals surface area contributed by atoms with Crippen molar-refractivity contribution in [3.05, 3.63) is 33.9 Å². The number of ether oxygens (including phenoxy) is 2. The maximum absolute atomic E-state index is 12.7. The van der Waals surface area contributed by atoms with Crippen LogP contribution in [0.4, 0.5) is 11.4 Å². The zero-order chi connectivity index (χ0) is 18.4. The Bertz CT molecular complexity index is 657. The molecule has 0 bridgehead atoms. The molecule has 0 aliphatic carbocycles. The lowest BCUT2D eigenvalue weighted by Gasteiger charge is -2.33. The van der Waals surface area contributed by atoms with Gasteiger partial charge in [0.25, 0.3) is 5.69 Å². The van der Waals surface area contributed by atoms with Crippen molar-refractivity contribution in [2.24, 2.45) is 0 Å². The van der Waals surface area contributed by atoms with E-state index in [1.54, 1.807) is 13.0 Å². The summed E-state index contributed by atoms with van der Waals surface area (Å²) < 4.78 is 9.96. The van der Waals surface area contributed by atoms with Gasteiger partial charge in [0.2, 0.25) is 5.91 Å². The lowest BCUT2D eigenvalue weighted by Crippen LogP contribution is -2.50. The number of benzene rings is 1. The van der Waals surface area contributed by atoms with Gasteiger partial charge in [-0.25, -0.2) is 0 Å². The minimum absolute atomic E-state index is 0.101. The molecule has 1 aromatic carbocycles. The molecule has 1 saturated heterocycles. The molecular weight excluding hydrogens is 330 g/mol. The number of nitrogens with one attached hydrogen (secondary N) is 1. The maximum Gasteiger partial charge on any atom is 0.307 e. The van der Waals surface area contributed by atoms with Gasteiger partial charge in [-0.2, -0.15) is 0 Å². The number of nitro benzene ring substituents is 1. The summed E-state index contributed by atoms with van der Waals surface area (Å²) >= 11 is 0. The first-order valence-electron chi connectivity index (χ1n) is 7.87. The molecule has 1 amide bonds. The Hall–Kier alpha value is -2.52. The van der Waals surface area contributed by atoms with Crippen LogP contribution in [0.2, 0.25) is 0 Å². The standard InChI is InChI=1S/C16H21N3O6/c1-11-3-4-12(19(22)23)9-13(11)17-16(21)14(10-15(20)24-2)18-5-7-25-8-6-18/h3-4,9,14H,5-8,10H2,1-2H3,(H,17,21). The molecule has 1 N–H and O–H groups in total. The van der Waals surface area contributed by atoms with Crippen LogP contribution in [0.1, 0.15) is 12.0 Å². The number of morpholine rings is 1. The fourth-order valence-corrected chi connectivity index (χ4v) is 2.59. The lowest BCUT2D eigenvalue weighted by molar-refractivity contribution is -0.384. The number of nitrogens with zero attached hydrogens (tertiary/aromatic N) is 2. The summed E-state index contributed by atoms with van der Waals surface area (Å²) in [5, 5.41) is 13.6. The summed E-state index contributed by atoms with van der Waals surface area (Å²) in [6, 6.07) is 3.52. The molecule has 1 aliphatic heterocycles. The van der Waals surface area contributed by atoms with Crippen LogP contribution in [0, 0.1) is 17.0 Å². The second-order valence-electron chi connectivity index (χ2n) is 5.69. The zero-order valence-corrected chi connectivity index (χ0v) is 14.2. The van der Waals surface area contributed by atoms with Crippen LogP contribution in [0.3, 0.4) is 0 Å². The first-order chi connectivity index (χ1) is 11.9. The molecule has 25 heavy (non-hydrogen) atoms. The molecule has 0 aromatic heterocycles. The topological polar surface area (TPSA) is 111 Å². The van der Waals surface area contributed by atoms with E-state index in [0.29, 0.717) is 37.6 Å². The predicted octanol–water partition coefficient (Wildman–Crippen LogP) is 1.11. The Balaban J connectivity index is 2.19. The number of nitro groups is 1. The number of rotatable bonds is 6. The fraction of sp³-hybridized carbons (Fsp3) is 0.500. The number of amides is 1. The van der Waals surface area contributed by atoms with Gasteiger partial charge in [-0.1, -0.05) is 6.07 Å². The molecule has 1 fully saturated rings. The summed E-state index contributed by atoms with van der Waals surface area (Å²) in [4.78, 5) is 36.7. The highest BCUT2D eigenvalue weighted by molar-refractivity contribution is 5.97. The van der Waals surface area contributed by atoms with Crippen LogP contribution in [0.15, 0.2) is 18.2 Å². The highest BCUT2D eigenvalue weighted by Crippen LogP contribution is 2.23. The van der Waals surface area contributed by atoms with Crippen molar-refractivity contribution >= 4 is 23.3 Å². The smallest absolute Gasteiger partial charge is 0.307 e. The Labute approximate surface area is 145 Å². The maximum atomic E-state index is 12.7. The van der Waals surface area contributed by atoms with Gasteiger partial charge in [-0.3, -0.25) is 24.6 Å². The Morgan fingerprint density at radius 1 is 1.40 bits per heavy atom. The van der Waals surface area contributed by atoms with Crippen LogP contribution in [-0.2, 0) is 19.1 Å². The second kappa shape index (κ2) is 8.54. The van der Waals surface area contributed by atoms with Gasteiger partial charge >= 0.3 is 5.97 Å². The fourth-order valence-electron chi connectivity index (χ4n) is 2.59. The monoisotopic (exact) mass is 351 g/mol. The number of non-ortho nitro benzene ring substituents is 1. The van der Waals surface area contributed by atoms with Crippen molar-refractivity contribution in [3.63, 3.8) is 0 Å². The van der Waals surface area contributed by atoms with E-state index >= 15 is 0 Å². The first-order valence-corrected chi connectivity index (χ1v) is 7.87. The summed E-state index contributed by atoms with van der Waals surface area (Å²) in [5.74, 6) is -0.904. The van der Waals surface area contributed by atoms with Crippen LogP contribution >= 0.6 is 0 Å². The van der Waals surface area contributed by atoms with Gasteiger partial charge < -0.3 is 14.8 Å². The van der Waals surface area contributed by atoms with Crippen molar-refractivity contribution < 1.29 is 24.0 Å². The first kappa shape index (κ1) is 18.8. The highest BCUT2D eigenvalue weighted by Gasteiger charge is 2.30. The molecule has 1 aromatic rings. The van der Waals surface area contributed by atoms with E-state index < -0.39 is 22.8 Å². The van der Waals surface area contributed by atoms with Gasteiger partial charge in [-0.05, 0) is 12.5 Å². The van der Waals surface area contributed by atoms with Crippen molar-refractivity contribution in [3.8, 4) is 0 Å². The van der Waals surface area contributed by atoms with Crippen LogP contribution in [0.25, 0.3) is 0 Å². The molecule has 1 heterocycles. The average molecular weight is 351 g/mol. The average Bonchev–Trinajstić information content (AvgIpc) is 2.61. The molecule has 9 heteroatoms. The molecule has 136 valence electrons. The third-order valence-electron chi connectivity index (χ3n) is 4.07. The van der Waals surface area contributed by atoms with Crippen LogP contribution < -0.4 is 5.32 Å². The Morgan fingerprint density at radius 3 is 2.68 bits per heavy atom. The van der Waals surface area contributed by atoms with E-state index in [9.17, 15) is 19.7 Å². The number of carbonyl (C=O) groups excluding carboxylic acids is 2. The van der Waals surface area contributed by atoms with Crippen molar-refractivity contribution in [1.82, 2.24) is 4.90 Å². The normalized spacial score (nSPS) is 16.1. The second-order valence-corrected chi connectivity index (χ2v) is 5.69. The third kappa shape index (κ3) is 4.97. The molecule has 1 unspecified atom stereocenters. The predicted molar refractivity (Wildman–Crippen MR) is 89.3 cm³/mol. The molecule has 9 nitrogen and oxygen atoms in total. The summed E-state index contributed by atoms with van der Waals surface area (Å²) in [6.45, 7) is 3.72. The van der Waals surface area contributed by atoms with Gasteiger partial charge in [0.15, 0.2) is 0 Å². The van der Waals surface area contributed by atoms with Crippen LogP contribution in [0.5, 0.6) is 0 Å². The largest absolute Gasteiger partial charge is 0.469 e. The van der Waals surface area contributed by atoms with Gasteiger partial charge in [0, 0.05) is 25.2 Å². The Kier molecular flexibility index (Phi) is 6.43. The SMILES string of the molecule is COC(=O)CC(C(=O)Nc1cc([N+](=O)[O-])ccc1C)N1CCOCC1. The van der Waals surface area contributed by atoms with Crippen molar-refractivity contribution in [2.45, 2.75) is 19.4 Å². The summed E-state index contributed by atoms with van der Waals surface area (Å²) in [7, 11) is 1.27. The van der Waals surface area contributed by atoms with Crippen LogP contribution in [-0.4, -0.2) is 61.2 Å². The van der Waals surface area contributed by atoms with Gasteiger partial charge in [0.05, 0.1) is 37.4 Å². The molecule has 0 spiro atoms. The number of anilines is 1. The molecule has 1 atom stereocenters. The van der Waals surface area contributed by atoms with E-state index in [0.717, 1.165) is 0 Å². The molecule has 1 aliphatic rings. The van der Waals surface area contributed by atoms with Crippen molar-refractivity contribution in [1.29, 1.82) is 0 Å². The zero-order valence-electron chi connectivity index (χ0n) is 14.2. The number of hydrogen-bond acceptors (Lipinski definition) is 7.